The van der Waals surface area contributed by atoms with Crippen LogP contribution in [0.25, 0.3) is 10.9 Å². The van der Waals surface area contributed by atoms with Crippen LogP contribution in [0.1, 0.15) is 0 Å². The molecule has 1 aromatic heterocycles. The lowest BCUT2D eigenvalue weighted by Gasteiger charge is -2.11. The maximum Gasteiger partial charge on any atom is 0.374 e. The van der Waals surface area contributed by atoms with Gasteiger partial charge in [0.25, 0.3) is 0 Å². The Balaban J connectivity index is 1.95. The summed E-state index contributed by atoms with van der Waals surface area (Å²) in [4.78, 5) is 4.31. The lowest BCUT2D eigenvalue weighted by Crippen LogP contribution is -2.20. The van der Waals surface area contributed by atoms with Gasteiger partial charge in [-0.05, 0) is 35.8 Å². The van der Waals surface area contributed by atoms with Crippen LogP contribution in [0.2, 0.25) is 15.1 Å². The fourth-order valence-electron chi connectivity index (χ4n) is 2.02. The average molecular weight is 336 g/mol. The van der Waals surface area contributed by atoms with E-state index in [1.165, 1.54) is 0 Å². The van der Waals surface area contributed by atoms with Gasteiger partial charge in [-0.15, -0.1) is 0 Å². The Kier molecular flexibility index (Phi) is 4.25. The molecule has 2 nitrogen and oxygen atoms in total. The first kappa shape index (κ1) is 14.5. The summed E-state index contributed by atoms with van der Waals surface area (Å²) in [5, 5.41) is 2.51. The third-order valence-corrected chi connectivity index (χ3v) is 3.89. The molecule has 0 spiro atoms. The minimum absolute atomic E-state index is 0.379. The minimum Gasteiger partial charge on any atom is -0.557 e. The summed E-state index contributed by atoms with van der Waals surface area (Å²) >= 11 is 18.3. The van der Waals surface area contributed by atoms with Gasteiger partial charge in [-0.3, -0.25) is 4.98 Å². The molecule has 1 heterocycles. The van der Waals surface area contributed by atoms with Crippen LogP contribution < -0.4 is 10.1 Å². The number of aromatic nitrogens is 1. The minimum atomic E-state index is 0.379. The van der Waals surface area contributed by atoms with Gasteiger partial charge >= 0.3 is 7.48 Å². The van der Waals surface area contributed by atoms with E-state index in [0.717, 1.165) is 10.8 Å². The van der Waals surface area contributed by atoms with Crippen LogP contribution in [-0.4, -0.2) is 12.5 Å². The van der Waals surface area contributed by atoms with Crippen LogP contribution in [0.4, 0.5) is 0 Å². The Labute approximate surface area is 137 Å². The van der Waals surface area contributed by atoms with E-state index in [4.69, 9.17) is 39.5 Å². The van der Waals surface area contributed by atoms with Crippen LogP contribution in [0.3, 0.4) is 0 Å². The summed E-state index contributed by atoms with van der Waals surface area (Å²) in [6.07, 6.45) is 1.68. The van der Waals surface area contributed by atoms with Crippen molar-refractivity contribution in [2.24, 2.45) is 0 Å². The van der Waals surface area contributed by atoms with Crippen molar-refractivity contribution in [3.8, 4) is 5.75 Å². The van der Waals surface area contributed by atoms with Crippen LogP contribution in [0, 0.1) is 0 Å². The number of hydrogen-bond acceptors (Lipinski definition) is 2. The van der Waals surface area contributed by atoms with Crippen molar-refractivity contribution in [3.05, 3.63) is 63.7 Å². The van der Waals surface area contributed by atoms with Gasteiger partial charge in [0.15, 0.2) is 0 Å². The molecule has 0 fully saturated rings. The van der Waals surface area contributed by atoms with Gasteiger partial charge < -0.3 is 4.65 Å². The van der Waals surface area contributed by atoms with E-state index in [1.807, 2.05) is 36.4 Å². The lowest BCUT2D eigenvalue weighted by atomic mass is 9.88. The molecule has 2 aromatic carbocycles. The van der Waals surface area contributed by atoms with Crippen LogP contribution >= 0.6 is 34.8 Å². The SMILES string of the molecule is Clc1ccc(BOc2c(Cl)cc(Cl)c3cccnc23)cc1. The van der Waals surface area contributed by atoms with Crippen molar-refractivity contribution in [3.63, 3.8) is 0 Å². The first-order chi connectivity index (χ1) is 10.1. The van der Waals surface area contributed by atoms with E-state index >= 15 is 0 Å². The summed E-state index contributed by atoms with van der Waals surface area (Å²) in [7, 11) is 0.379. The second-order valence-corrected chi connectivity index (χ2v) is 5.73. The molecule has 0 bridgehead atoms. The molecule has 21 heavy (non-hydrogen) atoms. The molecule has 0 radical (unpaired) electrons. The third kappa shape index (κ3) is 3.10. The number of hydrogen-bond donors (Lipinski definition) is 0. The monoisotopic (exact) mass is 335 g/mol. The van der Waals surface area contributed by atoms with Gasteiger partial charge in [0, 0.05) is 16.6 Å². The van der Waals surface area contributed by atoms with Crippen molar-refractivity contribution in [1.82, 2.24) is 4.98 Å². The van der Waals surface area contributed by atoms with E-state index in [2.05, 4.69) is 4.98 Å². The largest absolute Gasteiger partial charge is 0.557 e. The van der Waals surface area contributed by atoms with Crippen LogP contribution in [-0.2, 0) is 0 Å². The van der Waals surface area contributed by atoms with E-state index in [0.29, 0.717) is 33.8 Å². The summed E-state index contributed by atoms with van der Waals surface area (Å²) in [6.45, 7) is 0. The fourth-order valence-corrected chi connectivity index (χ4v) is 2.72. The zero-order chi connectivity index (χ0) is 14.8. The summed E-state index contributed by atoms with van der Waals surface area (Å²) in [6, 6.07) is 12.8. The topological polar surface area (TPSA) is 22.1 Å². The smallest absolute Gasteiger partial charge is 0.374 e. The predicted molar refractivity (Wildman–Crippen MR) is 90.6 cm³/mol. The Bertz CT molecular complexity index is 793. The van der Waals surface area contributed by atoms with Crippen molar-refractivity contribution >= 4 is 58.7 Å². The molecule has 6 heteroatoms. The molecule has 0 aliphatic carbocycles. The maximum absolute atomic E-state index is 6.23. The molecule has 3 rings (SSSR count). The second kappa shape index (κ2) is 6.14. The zero-order valence-corrected chi connectivity index (χ0v) is 13.1. The molecule has 0 atom stereocenters. The molecule has 3 aromatic rings. The Morgan fingerprint density at radius 3 is 2.48 bits per heavy atom. The number of benzene rings is 2. The van der Waals surface area contributed by atoms with Crippen molar-refractivity contribution < 1.29 is 4.65 Å². The molecule has 0 saturated carbocycles. The Hall–Kier alpha value is -1.42. The molecule has 0 aliphatic heterocycles. The second-order valence-electron chi connectivity index (χ2n) is 4.48. The van der Waals surface area contributed by atoms with E-state index in [1.54, 1.807) is 12.3 Å². The van der Waals surface area contributed by atoms with Crippen LogP contribution in [0.5, 0.6) is 5.75 Å². The van der Waals surface area contributed by atoms with Crippen molar-refractivity contribution in [2.75, 3.05) is 0 Å². The molecule has 0 saturated heterocycles. The number of pyridine rings is 1. The molecular formula is C15H9BCl3NO. The van der Waals surface area contributed by atoms with Gasteiger partial charge in [-0.25, -0.2) is 0 Å². The number of rotatable bonds is 3. The van der Waals surface area contributed by atoms with Gasteiger partial charge in [-0.1, -0.05) is 46.9 Å². The summed E-state index contributed by atoms with van der Waals surface area (Å²) < 4.78 is 5.83. The van der Waals surface area contributed by atoms with E-state index in [-0.39, 0.29) is 0 Å². The lowest BCUT2D eigenvalue weighted by molar-refractivity contribution is 0.610. The highest BCUT2D eigenvalue weighted by atomic mass is 35.5. The van der Waals surface area contributed by atoms with Gasteiger partial charge in [0.1, 0.15) is 11.3 Å². The molecule has 0 N–H and O–H groups in total. The first-order valence-electron chi connectivity index (χ1n) is 6.25. The fraction of sp³-hybridized carbons (Fsp3) is 0. The third-order valence-electron chi connectivity index (χ3n) is 3.05. The number of halogens is 3. The van der Waals surface area contributed by atoms with Gasteiger partial charge in [0.05, 0.1) is 10.0 Å². The van der Waals surface area contributed by atoms with E-state index in [9.17, 15) is 0 Å². The standard InChI is InChI=1S/C15H9BCl3NO/c17-10-5-3-9(4-6-10)16-21-15-13(19)8-12(18)11-2-1-7-20-14(11)15/h1-8,16H. The number of nitrogens with zero attached hydrogens (tertiary/aromatic N) is 1. The highest BCUT2D eigenvalue weighted by Gasteiger charge is 2.13. The molecule has 0 amide bonds. The number of fused-ring (bicyclic) bond motifs is 1. The molecule has 104 valence electrons. The van der Waals surface area contributed by atoms with Crippen molar-refractivity contribution in [1.29, 1.82) is 0 Å². The highest BCUT2D eigenvalue weighted by Crippen LogP contribution is 2.36. The highest BCUT2D eigenvalue weighted by molar-refractivity contribution is 6.49. The van der Waals surface area contributed by atoms with Gasteiger partial charge in [0.2, 0.25) is 0 Å². The predicted octanol–water partition coefficient (Wildman–Crippen LogP) is 4.25. The average Bonchev–Trinajstić information content (AvgIpc) is 2.49. The summed E-state index contributed by atoms with van der Waals surface area (Å²) in [5.41, 5.74) is 1.65. The summed E-state index contributed by atoms with van der Waals surface area (Å²) in [5.74, 6) is 0.534. The Morgan fingerprint density at radius 2 is 1.71 bits per heavy atom. The van der Waals surface area contributed by atoms with E-state index < -0.39 is 0 Å². The van der Waals surface area contributed by atoms with Gasteiger partial charge in [-0.2, -0.15) is 0 Å². The maximum atomic E-state index is 6.23. The van der Waals surface area contributed by atoms with Crippen LogP contribution in [0.15, 0.2) is 48.7 Å². The van der Waals surface area contributed by atoms with Crippen molar-refractivity contribution in [2.45, 2.75) is 0 Å². The molecular weight excluding hydrogens is 327 g/mol. The quantitative estimate of drug-likeness (QED) is 0.667. The Morgan fingerprint density at radius 1 is 0.952 bits per heavy atom. The normalized spacial score (nSPS) is 10.6. The first-order valence-corrected chi connectivity index (χ1v) is 7.38. The molecule has 0 unspecified atom stereocenters. The molecule has 0 aliphatic rings. The zero-order valence-electron chi connectivity index (χ0n) is 10.8.